The summed E-state index contributed by atoms with van der Waals surface area (Å²) < 4.78 is 0. The molecule has 3 heteroatoms. The van der Waals surface area contributed by atoms with Crippen LogP contribution in [-0.2, 0) is 5.88 Å². The molecule has 3 rings (SSSR count). The molecule has 1 fully saturated rings. The summed E-state index contributed by atoms with van der Waals surface area (Å²) >= 11 is 6.14. The topological polar surface area (TPSA) is 16.1 Å². The van der Waals surface area contributed by atoms with E-state index in [-0.39, 0.29) is 5.54 Å². The predicted molar refractivity (Wildman–Crippen MR) is 82.0 cm³/mol. The van der Waals surface area contributed by atoms with E-state index in [9.17, 15) is 0 Å². The summed E-state index contributed by atoms with van der Waals surface area (Å²) in [5.74, 6) is 1.58. The first-order valence-electron chi connectivity index (χ1n) is 6.84. The van der Waals surface area contributed by atoms with Crippen molar-refractivity contribution in [1.82, 2.24) is 4.98 Å². The Bertz CT molecular complexity index is 607. The van der Waals surface area contributed by atoms with Gasteiger partial charge in [0.25, 0.3) is 0 Å². The second-order valence-corrected chi connectivity index (χ2v) is 6.13. The van der Waals surface area contributed by atoms with E-state index in [0.29, 0.717) is 5.88 Å². The minimum absolute atomic E-state index is 0.177. The van der Waals surface area contributed by atoms with Crippen LogP contribution in [0.15, 0.2) is 30.3 Å². The molecule has 0 radical (unpaired) electrons. The zero-order chi connectivity index (χ0) is 13.5. The van der Waals surface area contributed by atoms with Crippen LogP contribution in [0.2, 0.25) is 0 Å². The highest BCUT2D eigenvalue weighted by atomic mass is 35.5. The molecule has 0 amide bonds. The molecule has 0 unspecified atom stereocenters. The predicted octanol–water partition coefficient (Wildman–Crippen LogP) is 4.35. The Morgan fingerprint density at radius 3 is 2.79 bits per heavy atom. The fraction of sp³-hybridized carbons (Fsp3) is 0.438. The molecular formula is C16H19ClN2. The highest BCUT2D eigenvalue weighted by molar-refractivity contribution is 6.17. The van der Waals surface area contributed by atoms with E-state index < -0.39 is 0 Å². The van der Waals surface area contributed by atoms with Crippen molar-refractivity contribution >= 4 is 28.3 Å². The molecule has 0 saturated carbocycles. The van der Waals surface area contributed by atoms with Gasteiger partial charge in [0.2, 0.25) is 0 Å². The van der Waals surface area contributed by atoms with Crippen LogP contribution in [0.3, 0.4) is 0 Å². The van der Waals surface area contributed by atoms with Gasteiger partial charge in [-0.05, 0) is 38.8 Å². The van der Waals surface area contributed by atoms with Crippen LogP contribution in [0.5, 0.6) is 0 Å². The maximum absolute atomic E-state index is 6.14. The van der Waals surface area contributed by atoms with Gasteiger partial charge in [0.1, 0.15) is 5.82 Å². The normalized spacial score (nSPS) is 18.2. The van der Waals surface area contributed by atoms with Gasteiger partial charge in [0.05, 0.1) is 11.4 Å². The zero-order valence-corrected chi connectivity index (χ0v) is 12.2. The van der Waals surface area contributed by atoms with Gasteiger partial charge in [-0.1, -0.05) is 18.2 Å². The third-order valence-corrected chi connectivity index (χ3v) is 4.37. The first-order valence-corrected chi connectivity index (χ1v) is 7.37. The fourth-order valence-electron chi connectivity index (χ4n) is 2.98. The van der Waals surface area contributed by atoms with E-state index in [2.05, 4.69) is 36.9 Å². The smallest absolute Gasteiger partial charge is 0.134 e. The largest absolute Gasteiger partial charge is 0.351 e. The molecule has 1 saturated heterocycles. The summed E-state index contributed by atoms with van der Waals surface area (Å²) in [5, 5.41) is 1.17. The Morgan fingerprint density at radius 2 is 2.11 bits per heavy atom. The van der Waals surface area contributed by atoms with Crippen molar-refractivity contribution in [3.8, 4) is 0 Å². The van der Waals surface area contributed by atoms with Gasteiger partial charge < -0.3 is 4.90 Å². The highest BCUT2D eigenvalue weighted by Crippen LogP contribution is 2.36. The average Bonchev–Trinajstić information content (AvgIpc) is 2.76. The number of rotatable bonds is 2. The number of halogens is 1. The minimum atomic E-state index is 0.177. The SMILES string of the molecule is CC1(C)CCCN1c1nc2ccccc2cc1CCl. The Kier molecular flexibility index (Phi) is 3.14. The molecule has 19 heavy (non-hydrogen) atoms. The molecule has 0 bridgehead atoms. The number of anilines is 1. The maximum atomic E-state index is 6.14. The Morgan fingerprint density at radius 1 is 1.32 bits per heavy atom. The van der Waals surface area contributed by atoms with Crippen LogP contribution < -0.4 is 4.90 Å². The summed E-state index contributed by atoms with van der Waals surface area (Å²) in [5.41, 5.74) is 2.36. The fourth-order valence-corrected chi connectivity index (χ4v) is 3.18. The number of nitrogens with zero attached hydrogens (tertiary/aromatic N) is 2. The number of hydrogen-bond donors (Lipinski definition) is 0. The van der Waals surface area contributed by atoms with Crippen LogP contribution in [0.25, 0.3) is 10.9 Å². The molecule has 1 aliphatic rings. The summed E-state index contributed by atoms with van der Waals surface area (Å²) in [6, 6.07) is 10.4. The number of hydrogen-bond acceptors (Lipinski definition) is 2. The molecule has 0 atom stereocenters. The van der Waals surface area contributed by atoms with Gasteiger partial charge >= 0.3 is 0 Å². The molecule has 0 N–H and O–H groups in total. The molecule has 100 valence electrons. The van der Waals surface area contributed by atoms with Crippen molar-refractivity contribution in [2.75, 3.05) is 11.4 Å². The van der Waals surface area contributed by atoms with Crippen LogP contribution >= 0.6 is 11.6 Å². The van der Waals surface area contributed by atoms with Gasteiger partial charge in [0, 0.05) is 23.0 Å². The molecule has 0 aliphatic carbocycles. The number of fused-ring (bicyclic) bond motifs is 1. The number of aromatic nitrogens is 1. The van der Waals surface area contributed by atoms with Gasteiger partial charge in [-0.15, -0.1) is 11.6 Å². The lowest BCUT2D eigenvalue weighted by Crippen LogP contribution is -2.39. The highest BCUT2D eigenvalue weighted by Gasteiger charge is 2.34. The number of pyridine rings is 1. The first kappa shape index (κ1) is 12.7. The molecular weight excluding hydrogens is 256 g/mol. The Labute approximate surface area is 119 Å². The molecule has 1 aromatic heterocycles. The average molecular weight is 275 g/mol. The van der Waals surface area contributed by atoms with Crippen LogP contribution in [0, 0.1) is 0 Å². The molecule has 1 aromatic carbocycles. The minimum Gasteiger partial charge on any atom is -0.351 e. The van der Waals surface area contributed by atoms with Crippen molar-refractivity contribution in [3.63, 3.8) is 0 Å². The summed E-state index contributed by atoms with van der Waals surface area (Å²) in [6.45, 7) is 5.64. The Balaban J connectivity index is 2.16. The molecule has 0 spiro atoms. The van der Waals surface area contributed by atoms with Crippen molar-refractivity contribution < 1.29 is 0 Å². The quantitative estimate of drug-likeness (QED) is 0.757. The number of alkyl halides is 1. The summed E-state index contributed by atoms with van der Waals surface area (Å²) in [4.78, 5) is 7.28. The molecule has 1 aliphatic heterocycles. The molecule has 2 nitrogen and oxygen atoms in total. The van der Waals surface area contributed by atoms with E-state index in [1.807, 2.05) is 12.1 Å². The third kappa shape index (κ3) is 2.18. The lowest BCUT2D eigenvalue weighted by Gasteiger charge is -2.34. The van der Waals surface area contributed by atoms with E-state index in [1.165, 1.54) is 18.2 Å². The molecule has 2 heterocycles. The first-order chi connectivity index (χ1) is 9.12. The van der Waals surface area contributed by atoms with Crippen molar-refractivity contribution in [2.45, 2.75) is 38.1 Å². The van der Waals surface area contributed by atoms with E-state index >= 15 is 0 Å². The molecule has 2 aromatic rings. The van der Waals surface area contributed by atoms with Gasteiger partial charge in [-0.3, -0.25) is 0 Å². The van der Waals surface area contributed by atoms with Gasteiger partial charge in [-0.25, -0.2) is 4.98 Å². The third-order valence-electron chi connectivity index (χ3n) is 4.08. The van der Waals surface area contributed by atoms with E-state index in [0.717, 1.165) is 23.4 Å². The van der Waals surface area contributed by atoms with Crippen LogP contribution in [0.1, 0.15) is 32.3 Å². The van der Waals surface area contributed by atoms with Crippen LogP contribution in [-0.4, -0.2) is 17.1 Å². The second kappa shape index (κ2) is 4.68. The summed E-state index contributed by atoms with van der Waals surface area (Å²) in [6.07, 6.45) is 2.44. The summed E-state index contributed by atoms with van der Waals surface area (Å²) in [7, 11) is 0. The second-order valence-electron chi connectivity index (χ2n) is 5.87. The van der Waals surface area contributed by atoms with Crippen molar-refractivity contribution in [1.29, 1.82) is 0 Å². The van der Waals surface area contributed by atoms with Crippen molar-refractivity contribution in [2.24, 2.45) is 0 Å². The van der Waals surface area contributed by atoms with Gasteiger partial charge in [0.15, 0.2) is 0 Å². The lowest BCUT2D eigenvalue weighted by molar-refractivity contribution is 0.514. The number of para-hydroxylation sites is 1. The van der Waals surface area contributed by atoms with Crippen LogP contribution in [0.4, 0.5) is 5.82 Å². The zero-order valence-electron chi connectivity index (χ0n) is 11.5. The lowest BCUT2D eigenvalue weighted by atomic mass is 10.0. The standard InChI is InChI=1S/C16H19ClN2/c1-16(2)8-5-9-19(16)15-13(11-17)10-12-6-3-4-7-14(12)18-15/h3-4,6-7,10H,5,8-9,11H2,1-2H3. The monoisotopic (exact) mass is 274 g/mol. The number of benzene rings is 1. The Hall–Kier alpha value is -1.28. The van der Waals surface area contributed by atoms with Crippen molar-refractivity contribution in [3.05, 3.63) is 35.9 Å². The van der Waals surface area contributed by atoms with E-state index in [1.54, 1.807) is 0 Å². The maximum Gasteiger partial charge on any atom is 0.134 e. The van der Waals surface area contributed by atoms with Gasteiger partial charge in [-0.2, -0.15) is 0 Å². The van der Waals surface area contributed by atoms with E-state index in [4.69, 9.17) is 16.6 Å².